The standard InChI is InChI=1S/C16H28/c1-7-8-12-13-9(2)10(3)16(12)14(13)11(4)15(16,5)6/h9-14H,7-8H2,1-6H3. The van der Waals surface area contributed by atoms with Gasteiger partial charge in [0.1, 0.15) is 0 Å². The smallest absolute Gasteiger partial charge is 0.0150 e. The Hall–Kier alpha value is 0. The number of rotatable bonds is 2. The molecule has 4 aliphatic carbocycles. The van der Waals surface area contributed by atoms with Gasteiger partial charge in [0.05, 0.1) is 0 Å². The minimum atomic E-state index is 0.609. The number of fused-ring (bicyclic) bond motifs is 1. The normalized spacial score (nSPS) is 61.1. The molecule has 0 heterocycles. The fourth-order valence-electron chi connectivity index (χ4n) is 6.85. The molecule has 7 unspecified atom stereocenters. The van der Waals surface area contributed by atoms with Gasteiger partial charge in [-0.05, 0) is 52.8 Å². The molecule has 92 valence electrons. The van der Waals surface area contributed by atoms with Crippen molar-refractivity contribution in [3.05, 3.63) is 0 Å². The van der Waals surface area contributed by atoms with Crippen LogP contribution in [0.1, 0.15) is 54.4 Å². The maximum atomic E-state index is 2.56. The molecule has 1 spiro atoms. The number of hydrogen-bond donors (Lipinski definition) is 0. The van der Waals surface area contributed by atoms with Crippen LogP contribution in [0.25, 0.3) is 0 Å². The second-order valence-electron chi connectivity index (χ2n) is 7.59. The predicted molar refractivity (Wildman–Crippen MR) is 69.1 cm³/mol. The van der Waals surface area contributed by atoms with Crippen LogP contribution in [0.5, 0.6) is 0 Å². The summed E-state index contributed by atoms with van der Waals surface area (Å²) in [5.41, 5.74) is 1.35. The Morgan fingerprint density at radius 1 is 1.00 bits per heavy atom. The summed E-state index contributed by atoms with van der Waals surface area (Å²) < 4.78 is 0. The Balaban J connectivity index is 2.00. The van der Waals surface area contributed by atoms with Crippen molar-refractivity contribution in [1.82, 2.24) is 0 Å². The highest BCUT2D eigenvalue weighted by Crippen LogP contribution is 2.88. The highest BCUT2D eigenvalue weighted by Gasteiger charge is 2.84. The van der Waals surface area contributed by atoms with E-state index in [9.17, 15) is 0 Å². The van der Waals surface area contributed by atoms with Crippen molar-refractivity contribution in [3.63, 3.8) is 0 Å². The third-order valence-corrected chi connectivity index (χ3v) is 7.59. The molecule has 0 nitrogen and oxygen atoms in total. The lowest BCUT2D eigenvalue weighted by Gasteiger charge is -2.77. The second kappa shape index (κ2) is 2.87. The van der Waals surface area contributed by atoms with Crippen molar-refractivity contribution in [2.45, 2.75) is 54.4 Å². The van der Waals surface area contributed by atoms with Gasteiger partial charge < -0.3 is 0 Å². The monoisotopic (exact) mass is 220 g/mol. The summed E-state index contributed by atoms with van der Waals surface area (Å²) in [6, 6.07) is 0. The highest BCUT2D eigenvalue weighted by atomic mass is 14.9. The van der Waals surface area contributed by atoms with E-state index in [0.717, 1.165) is 40.9 Å². The molecule has 0 aliphatic heterocycles. The molecule has 4 aliphatic rings. The van der Waals surface area contributed by atoms with E-state index in [4.69, 9.17) is 0 Å². The van der Waals surface area contributed by atoms with Gasteiger partial charge in [0.2, 0.25) is 0 Å². The molecule has 0 heteroatoms. The van der Waals surface area contributed by atoms with Gasteiger partial charge >= 0.3 is 0 Å². The van der Waals surface area contributed by atoms with Crippen molar-refractivity contribution < 1.29 is 0 Å². The molecule has 4 fully saturated rings. The van der Waals surface area contributed by atoms with Crippen LogP contribution in [0, 0.1) is 46.3 Å². The molecule has 0 saturated heterocycles. The second-order valence-corrected chi connectivity index (χ2v) is 7.59. The lowest BCUT2D eigenvalue weighted by atomic mass is 9.27. The van der Waals surface area contributed by atoms with Crippen LogP contribution in [0.15, 0.2) is 0 Å². The molecule has 0 amide bonds. The largest absolute Gasteiger partial charge is 0.0654 e. The third-order valence-electron chi connectivity index (χ3n) is 7.59. The summed E-state index contributed by atoms with van der Waals surface area (Å²) >= 11 is 0. The first-order chi connectivity index (χ1) is 7.42. The molecule has 2 bridgehead atoms. The fraction of sp³-hybridized carbons (Fsp3) is 1.00. The highest BCUT2D eigenvalue weighted by molar-refractivity contribution is 5.31. The van der Waals surface area contributed by atoms with E-state index in [2.05, 4.69) is 41.5 Å². The van der Waals surface area contributed by atoms with E-state index in [0.29, 0.717) is 5.41 Å². The maximum Gasteiger partial charge on any atom is -0.0150 e. The van der Waals surface area contributed by atoms with Crippen molar-refractivity contribution >= 4 is 0 Å². The minimum Gasteiger partial charge on any atom is -0.0654 e. The predicted octanol–water partition coefficient (Wildman–Crippen LogP) is 4.60. The minimum absolute atomic E-state index is 0.609. The van der Waals surface area contributed by atoms with Crippen molar-refractivity contribution in [2.24, 2.45) is 46.3 Å². The van der Waals surface area contributed by atoms with Crippen LogP contribution in [0.2, 0.25) is 0 Å². The third kappa shape index (κ3) is 0.754. The fourth-order valence-corrected chi connectivity index (χ4v) is 6.85. The zero-order chi connectivity index (χ0) is 11.9. The molecular formula is C16H28. The summed E-state index contributed by atoms with van der Waals surface area (Å²) in [6.07, 6.45) is 2.88. The first-order valence-corrected chi connectivity index (χ1v) is 7.42. The van der Waals surface area contributed by atoms with E-state index in [-0.39, 0.29) is 0 Å². The van der Waals surface area contributed by atoms with Gasteiger partial charge in [0.15, 0.2) is 0 Å². The van der Waals surface area contributed by atoms with E-state index >= 15 is 0 Å². The topological polar surface area (TPSA) is 0 Å². The summed E-state index contributed by atoms with van der Waals surface area (Å²) in [5.74, 6) is 6.18. The zero-order valence-corrected chi connectivity index (χ0v) is 11.9. The Kier molecular flexibility index (Phi) is 1.99. The first-order valence-electron chi connectivity index (χ1n) is 7.42. The SMILES string of the molecule is CCCC1C2C(C)C(C)C13C2C(C)C3(C)C. The van der Waals surface area contributed by atoms with E-state index < -0.39 is 0 Å². The molecule has 0 aromatic heterocycles. The van der Waals surface area contributed by atoms with Crippen LogP contribution in [-0.2, 0) is 0 Å². The van der Waals surface area contributed by atoms with E-state index in [1.54, 1.807) is 0 Å². The lowest BCUT2D eigenvalue weighted by molar-refractivity contribution is -0.305. The quantitative estimate of drug-likeness (QED) is 0.638. The molecule has 4 saturated carbocycles. The molecule has 4 rings (SSSR count). The van der Waals surface area contributed by atoms with Gasteiger partial charge in [-0.3, -0.25) is 0 Å². The Morgan fingerprint density at radius 3 is 2.19 bits per heavy atom. The van der Waals surface area contributed by atoms with Crippen LogP contribution < -0.4 is 0 Å². The summed E-state index contributed by atoms with van der Waals surface area (Å²) in [7, 11) is 0. The maximum absolute atomic E-state index is 2.56. The van der Waals surface area contributed by atoms with E-state index in [1.807, 2.05) is 0 Å². The average Bonchev–Trinajstić information content (AvgIpc) is 2.55. The Labute approximate surface area is 101 Å². The van der Waals surface area contributed by atoms with Gasteiger partial charge in [-0.15, -0.1) is 0 Å². The molecule has 0 radical (unpaired) electrons. The first kappa shape index (κ1) is 11.1. The van der Waals surface area contributed by atoms with Crippen molar-refractivity contribution in [2.75, 3.05) is 0 Å². The van der Waals surface area contributed by atoms with E-state index in [1.165, 1.54) is 12.8 Å². The summed E-state index contributed by atoms with van der Waals surface area (Å²) in [4.78, 5) is 0. The van der Waals surface area contributed by atoms with Gasteiger partial charge in [0, 0.05) is 0 Å². The molecule has 16 heavy (non-hydrogen) atoms. The summed E-state index contributed by atoms with van der Waals surface area (Å²) in [6.45, 7) is 15.1. The molecule has 0 aromatic carbocycles. The van der Waals surface area contributed by atoms with Gasteiger partial charge in [-0.1, -0.05) is 48.0 Å². The number of hydrogen-bond acceptors (Lipinski definition) is 0. The molecule has 0 aromatic rings. The Morgan fingerprint density at radius 2 is 1.62 bits per heavy atom. The average molecular weight is 220 g/mol. The van der Waals surface area contributed by atoms with Gasteiger partial charge in [-0.2, -0.15) is 0 Å². The lowest BCUT2D eigenvalue weighted by Crippen LogP contribution is -2.73. The van der Waals surface area contributed by atoms with Crippen LogP contribution in [-0.4, -0.2) is 0 Å². The van der Waals surface area contributed by atoms with Crippen LogP contribution in [0.4, 0.5) is 0 Å². The summed E-state index contributed by atoms with van der Waals surface area (Å²) in [5, 5.41) is 0. The van der Waals surface area contributed by atoms with Gasteiger partial charge in [0.25, 0.3) is 0 Å². The zero-order valence-electron chi connectivity index (χ0n) is 11.9. The molecular weight excluding hydrogens is 192 g/mol. The van der Waals surface area contributed by atoms with Crippen molar-refractivity contribution in [1.29, 1.82) is 0 Å². The molecule has 0 N–H and O–H groups in total. The van der Waals surface area contributed by atoms with Gasteiger partial charge in [-0.25, -0.2) is 0 Å². The van der Waals surface area contributed by atoms with Crippen LogP contribution in [0.3, 0.4) is 0 Å². The van der Waals surface area contributed by atoms with Crippen LogP contribution >= 0.6 is 0 Å². The molecule has 7 atom stereocenters. The Bertz CT molecular complexity index is 316. The van der Waals surface area contributed by atoms with Crippen molar-refractivity contribution in [3.8, 4) is 0 Å².